The molecule has 0 bridgehead atoms. The topological polar surface area (TPSA) is 37.4 Å². The first kappa shape index (κ1) is 21.8. The molecule has 0 N–H and O–H groups in total. The van der Waals surface area contributed by atoms with Crippen LogP contribution >= 0.6 is 0 Å². The average molecular weight is 434 g/mol. The number of hydrogen-bond donors (Lipinski definition) is 0. The van der Waals surface area contributed by atoms with Gasteiger partial charge in [-0.3, -0.25) is 0 Å². The zero-order chi connectivity index (χ0) is 21.7. The largest absolute Gasteiger partial charge is 0.243 e. The molecule has 1 aliphatic rings. The lowest BCUT2D eigenvalue weighted by Crippen LogP contribution is -2.38. The van der Waals surface area contributed by atoms with Gasteiger partial charge >= 0.3 is 0 Å². The Labute approximate surface area is 186 Å². The standard InChI is InChI=1S/C27H31NO2S/c1-2-6-22-11-15-27(16-12-22)31(29,30)28-19-17-24(18-20-28)21-23-9-13-26(14-10-23)25-7-4-3-5-8-25/h3-5,7-16,24H,2,6,17-21H2,1H3. The van der Waals surface area contributed by atoms with Crippen LogP contribution in [-0.2, 0) is 22.9 Å². The van der Waals surface area contributed by atoms with E-state index in [1.54, 1.807) is 16.4 Å². The molecule has 0 amide bonds. The second kappa shape index (κ2) is 9.80. The number of nitrogens with zero attached hydrogens (tertiary/aromatic N) is 1. The monoisotopic (exact) mass is 433 g/mol. The molecule has 3 aromatic carbocycles. The van der Waals surface area contributed by atoms with E-state index in [2.05, 4.69) is 55.5 Å². The molecule has 0 aromatic heterocycles. The SMILES string of the molecule is CCCc1ccc(S(=O)(=O)N2CCC(Cc3ccc(-c4ccccc4)cc3)CC2)cc1. The molecule has 31 heavy (non-hydrogen) atoms. The van der Waals surface area contributed by atoms with Crippen LogP contribution in [0.2, 0.25) is 0 Å². The fourth-order valence-corrected chi connectivity index (χ4v) is 5.89. The van der Waals surface area contributed by atoms with Crippen molar-refractivity contribution in [3.05, 3.63) is 90.0 Å². The maximum atomic E-state index is 13.0. The van der Waals surface area contributed by atoms with Gasteiger partial charge < -0.3 is 0 Å². The van der Waals surface area contributed by atoms with Gasteiger partial charge in [0.2, 0.25) is 10.0 Å². The van der Waals surface area contributed by atoms with Crippen molar-refractivity contribution in [3.8, 4) is 11.1 Å². The summed E-state index contributed by atoms with van der Waals surface area (Å²) in [5.74, 6) is 0.529. The normalized spacial score (nSPS) is 15.8. The predicted molar refractivity (Wildman–Crippen MR) is 128 cm³/mol. The molecule has 0 atom stereocenters. The van der Waals surface area contributed by atoms with Crippen LogP contribution in [0.3, 0.4) is 0 Å². The molecule has 0 unspecified atom stereocenters. The second-order valence-corrected chi connectivity index (χ2v) is 10.4. The molecule has 0 saturated carbocycles. The van der Waals surface area contributed by atoms with Gasteiger partial charge in [-0.15, -0.1) is 0 Å². The molecule has 1 heterocycles. The van der Waals surface area contributed by atoms with Gasteiger partial charge in [-0.2, -0.15) is 4.31 Å². The molecule has 0 radical (unpaired) electrons. The molecular weight excluding hydrogens is 402 g/mol. The van der Waals surface area contributed by atoms with Crippen molar-refractivity contribution in [2.75, 3.05) is 13.1 Å². The molecule has 162 valence electrons. The van der Waals surface area contributed by atoms with Gasteiger partial charge in [-0.05, 0) is 66.0 Å². The Balaban J connectivity index is 1.34. The summed E-state index contributed by atoms with van der Waals surface area (Å²) in [5, 5.41) is 0. The van der Waals surface area contributed by atoms with Gasteiger partial charge in [0.15, 0.2) is 0 Å². The number of hydrogen-bond acceptors (Lipinski definition) is 2. The van der Waals surface area contributed by atoms with Gasteiger partial charge in [-0.25, -0.2) is 8.42 Å². The Hall–Kier alpha value is -2.43. The molecular formula is C27H31NO2S. The Morgan fingerprint density at radius 1 is 0.774 bits per heavy atom. The van der Waals surface area contributed by atoms with Gasteiger partial charge in [0.05, 0.1) is 4.90 Å². The zero-order valence-electron chi connectivity index (χ0n) is 18.2. The van der Waals surface area contributed by atoms with Crippen molar-refractivity contribution in [3.63, 3.8) is 0 Å². The molecule has 1 fully saturated rings. The molecule has 0 aliphatic carbocycles. The Bertz CT molecular complexity index is 1070. The average Bonchev–Trinajstić information content (AvgIpc) is 2.81. The van der Waals surface area contributed by atoms with Crippen LogP contribution < -0.4 is 0 Å². The fourth-order valence-electron chi connectivity index (χ4n) is 4.42. The molecule has 4 heteroatoms. The highest BCUT2D eigenvalue weighted by Gasteiger charge is 2.29. The minimum absolute atomic E-state index is 0.419. The summed E-state index contributed by atoms with van der Waals surface area (Å²) in [6.07, 6.45) is 4.88. The lowest BCUT2D eigenvalue weighted by Gasteiger charge is -2.31. The molecule has 4 rings (SSSR count). The molecule has 3 aromatic rings. The number of sulfonamides is 1. The van der Waals surface area contributed by atoms with Gasteiger partial charge in [-0.1, -0.05) is 80.1 Å². The molecule has 0 spiro atoms. The lowest BCUT2D eigenvalue weighted by molar-refractivity contribution is 0.273. The zero-order valence-corrected chi connectivity index (χ0v) is 19.0. The summed E-state index contributed by atoms with van der Waals surface area (Å²) in [4.78, 5) is 0.419. The van der Waals surface area contributed by atoms with E-state index in [0.717, 1.165) is 32.1 Å². The summed E-state index contributed by atoms with van der Waals surface area (Å²) in [6, 6.07) is 26.6. The summed E-state index contributed by atoms with van der Waals surface area (Å²) in [7, 11) is -3.39. The minimum atomic E-state index is -3.39. The first-order valence-electron chi connectivity index (χ1n) is 11.3. The minimum Gasteiger partial charge on any atom is -0.207 e. The van der Waals surface area contributed by atoms with Gasteiger partial charge in [0.1, 0.15) is 0 Å². The van der Waals surface area contributed by atoms with E-state index in [4.69, 9.17) is 0 Å². The van der Waals surface area contributed by atoms with Gasteiger partial charge in [0, 0.05) is 13.1 Å². The highest BCUT2D eigenvalue weighted by atomic mass is 32.2. The molecule has 3 nitrogen and oxygen atoms in total. The quantitative estimate of drug-likeness (QED) is 0.462. The van der Waals surface area contributed by atoms with Crippen LogP contribution in [0, 0.1) is 5.92 Å². The van der Waals surface area contributed by atoms with Crippen LogP contribution in [-0.4, -0.2) is 25.8 Å². The van der Waals surface area contributed by atoms with Crippen LogP contribution in [0.25, 0.3) is 11.1 Å². The van der Waals surface area contributed by atoms with Crippen molar-refractivity contribution in [1.29, 1.82) is 0 Å². The first-order chi connectivity index (χ1) is 15.1. The van der Waals surface area contributed by atoms with Crippen molar-refractivity contribution in [2.24, 2.45) is 5.92 Å². The smallest absolute Gasteiger partial charge is 0.207 e. The van der Waals surface area contributed by atoms with Crippen molar-refractivity contribution in [2.45, 2.75) is 43.9 Å². The van der Waals surface area contributed by atoms with E-state index in [1.165, 1.54) is 22.3 Å². The number of piperidine rings is 1. The highest BCUT2D eigenvalue weighted by Crippen LogP contribution is 2.27. The second-order valence-electron chi connectivity index (χ2n) is 8.51. The predicted octanol–water partition coefficient (Wildman–Crippen LogP) is 5.95. The van der Waals surface area contributed by atoms with E-state index >= 15 is 0 Å². The Morgan fingerprint density at radius 2 is 1.35 bits per heavy atom. The summed E-state index contributed by atoms with van der Waals surface area (Å²) in [6.45, 7) is 3.34. The van der Waals surface area contributed by atoms with Crippen LogP contribution in [0.5, 0.6) is 0 Å². The van der Waals surface area contributed by atoms with Gasteiger partial charge in [0.25, 0.3) is 0 Å². The van der Waals surface area contributed by atoms with Crippen molar-refractivity contribution < 1.29 is 8.42 Å². The fraction of sp³-hybridized carbons (Fsp3) is 0.333. The number of rotatable bonds is 7. The molecule has 1 saturated heterocycles. The highest BCUT2D eigenvalue weighted by molar-refractivity contribution is 7.89. The summed E-state index contributed by atoms with van der Waals surface area (Å²) in [5.41, 5.74) is 4.98. The van der Waals surface area contributed by atoms with Crippen molar-refractivity contribution in [1.82, 2.24) is 4.31 Å². The van der Waals surface area contributed by atoms with E-state index in [9.17, 15) is 8.42 Å². The Morgan fingerprint density at radius 3 is 1.97 bits per heavy atom. The third-order valence-electron chi connectivity index (χ3n) is 6.26. The van der Waals surface area contributed by atoms with E-state index < -0.39 is 10.0 Å². The third kappa shape index (κ3) is 5.25. The first-order valence-corrected chi connectivity index (χ1v) is 12.7. The lowest BCUT2D eigenvalue weighted by atomic mass is 9.90. The maximum absolute atomic E-state index is 13.0. The third-order valence-corrected chi connectivity index (χ3v) is 8.17. The van der Waals surface area contributed by atoms with Crippen molar-refractivity contribution >= 4 is 10.0 Å². The van der Waals surface area contributed by atoms with E-state index in [0.29, 0.717) is 23.9 Å². The maximum Gasteiger partial charge on any atom is 0.243 e. The summed E-state index contributed by atoms with van der Waals surface area (Å²) >= 11 is 0. The summed E-state index contributed by atoms with van der Waals surface area (Å²) < 4.78 is 27.7. The Kier molecular flexibility index (Phi) is 6.89. The number of aryl methyl sites for hydroxylation is 1. The van der Waals surface area contributed by atoms with Crippen LogP contribution in [0.15, 0.2) is 83.8 Å². The number of benzene rings is 3. The molecule has 1 aliphatic heterocycles. The van der Waals surface area contributed by atoms with Crippen LogP contribution in [0.1, 0.15) is 37.3 Å². The van der Waals surface area contributed by atoms with E-state index in [1.807, 2.05) is 18.2 Å². The van der Waals surface area contributed by atoms with E-state index in [-0.39, 0.29) is 0 Å². The van der Waals surface area contributed by atoms with Crippen LogP contribution in [0.4, 0.5) is 0 Å².